The molecule has 4 aliphatic rings. The van der Waals surface area contributed by atoms with Crippen LogP contribution in [0.1, 0.15) is 75.6 Å². The van der Waals surface area contributed by atoms with Gasteiger partial charge in [-0.3, -0.25) is 0 Å². The van der Waals surface area contributed by atoms with E-state index in [0.29, 0.717) is 17.4 Å². The summed E-state index contributed by atoms with van der Waals surface area (Å²) in [5.41, 5.74) is 4.23. The van der Waals surface area contributed by atoms with Crippen LogP contribution in [0.2, 0.25) is 0 Å². The molecule has 0 unspecified atom stereocenters. The number of hydrogen-bond donors (Lipinski definition) is 0. The van der Waals surface area contributed by atoms with Gasteiger partial charge < -0.3 is 19.7 Å². The van der Waals surface area contributed by atoms with Crippen LogP contribution in [0, 0.1) is 17.2 Å². The number of carbonyl (C=O) groups is 1. The average molecular weight is 464 g/mol. The van der Waals surface area contributed by atoms with Crippen molar-refractivity contribution in [2.75, 3.05) is 19.6 Å². The van der Waals surface area contributed by atoms with Crippen LogP contribution < -0.4 is 5.11 Å². The van der Waals surface area contributed by atoms with Gasteiger partial charge in [0.2, 0.25) is 0 Å². The van der Waals surface area contributed by atoms with Gasteiger partial charge in [-0.15, -0.1) is 0 Å². The maximum Gasteiger partial charge on any atom is 0.137 e. The second-order valence-electron chi connectivity index (χ2n) is 11.6. The first-order valence-electron chi connectivity index (χ1n) is 12.8. The Labute approximate surface area is 202 Å². The van der Waals surface area contributed by atoms with Crippen molar-refractivity contribution in [3.8, 4) is 11.1 Å². The highest BCUT2D eigenvalue weighted by Gasteiger charge is 2.46. The summed E-state index contributed by atoms with van der Waals surface area (Å²) in [7, 11) is 0. The summed E-state index contributed by atoms with van der Waals surface area (Å²) >= 11 is 0. The molecule has 0 saturated carbocycles. The average Bonchev–Trinajstić information content (AvgIpc) is 2.81. The lowest BCUT2D eigenvalue weighted by atomic mass is 9.68. The fourth-order valence-electron chi connectivity index (χ4n) is 6.61. The van der Waals surface area contributed by atoms with Crippen LogP contribution in [-0.4, -0.2) is 41.6 Å². The molecule has 2 atom stereocenters. The number of piperidine rings is 3. The number of benzene rings is 2. The van der Waals surface area contributed by atoms with Crippen molar-refractivity contribution in [3.63, 3.8) is 0 Å². The predicted octanol–water partition coefficient (Wildman–Crippen LogP) is 5.37. The molecular formula is C29H36FN2O2-. The van der Waals surface area contributed by atoms with E-state index in [1.165, 1.54) is 5.56 Å². The van der Waals surface area contributed by atoms with Crippen LogP contribution in [0.25, 0.3) is 11.1 Å². The van der Waals surface area contributed by atoms with Gasteiger partial charge in [0.05, 0.1) is 6.04 Å². The van der Waals surface area contributed by atoms with E-state index in [-0.39, 0.29) is 17.3 Å². The Morgan fingerprint density at radius 2 is 1.91 bits per heavy atom. The lowest BCUT2D eigenvalue weighted by Crippen LogP contribution is -2.63. The van der Waals surface area contributed by atoms with Crippen molar-refractivity contribution in [2.24, 2.45) is 11.3 Å². The number of carboxylic acid groups (broad SMARTS) is 1. The van der Waals surface area contributed by atoms with E-state index in [4.69, 9.17) is 0 Å². The minimum atomic E-state index is -1.13. The van der Waals surface area contributed by atoms with Crippen molar-refractivity contribution >= 4 is 6.09 Å². The monoisotopic (exact) mass is 463 g/mol. The molecule has 2 aromatic carbocycles. The molecule has 0 aromatic heterocycles. The standard InChI is InChI=1S/C29H37FN2O2/c1-18(2)20-6-5-7-21(14-20)23-15-22-8-11-29(3,4)27(24(22)16-25(23)30)32(28(33)34)26-17-31-12-9-19(26)10-13-31/h5-7,14-16,18-19,26-27H,8-13,17H2,1-4H3,(H,33,34)/p-1/t26-,27+/m1/s1. The van der Waals surface area contributed by atoms with Gasteiger partial charge >= 0.3 is 0 Å². The number of halogens is 1. The molecular weight excluding hydrogens is 427 g/mol. The van der Waals surface area contributed by atoms with E-state index in [1.54, 1.807) is 11.0 Å². The molecule has 5 heteroatoms. The predicted molar refractivity (Wildman–Crippen MR) is 131 cm³/mol. The first kappa shape index (κ1) is 23.3. The summed E-state index contributed by atoms with van der Waals surface area (Å²) in [6.07, 6.45) is 2.59. The van der Waals surface area contributed by atoms with Crippen molar-refractivity contribution in [2.45, 2.75) is 71.4 Å². The zero-order chi connectivity index (χ0) is 24.2. The highest BCUT2D eigenvalue weighted by Crippen LogP contribution is 2.50. The second-order valence-corrected chi connectivity index (χ2v) is 11.6. The van der Waals surface area contributed by atoms with Gasteiger partial charge in [0.1, 0.15) is 11.9 Å². The third-order valence-electron chi connectivity index (χ3n) is 8.63. The molecule has 3 heterocycles. The number of hydrogen-bond acceptors (Lipinski definition) is 3. The van der Waals surface area contributed by atoms with Crippen LogP contribution in [0.15, 0.2) is 36.4 Å². The number of aryl methyl sites for hydroxylation is 1. The van der Waals surface area contributed by atoms with E-state index in [9.17, 15) is 9.90 Å². The maximum atomic E-state index is 15.7. The summed E-state index contributed by atoms with van der Waals surface area (Å²) in [5, 5.41) is 12.6. The summed E-state index contributed by atoms with van der Waals surface area (Å²) in [4.78, 5) is 16.6. The Balaban J connectivity index is 1.58. The maximum absolute atomic E-state index is 15.7. The molecule has 0 N–H and O–H groups in total. The zero-order valence-electron chi connectivity index (χ0n) is 20.8. The number of rotatable bonds is 4. The second kappa shape index (κ2) is 8.67. The SMILES string of the molecule is CC(C)c1cccc(-c2cc3c(cc2F)[C@H](N(C(=O)[O-])[C@@H]2CN4CCC2CC4)C(C)(C)CC3)c1. The van der Waals surface area contributed by atoms with E-state index in [0.717, 1.165) is 62.0 Å². The Morgan fingerprint density at radius 3 is 2.53 bits per heavy atom. The summed E-state index contributed by atoms with van der Waals surface area (Å²) in [6.45, 7) is 11.4. The molecule has 6 rings (SSSR count). The first-order valence-corrected chi connectivity index (χ1v) is 12.8. The molecule has 1 aliphatic carbocycles. The highest BCUT2D eigenvalue weighted by atomic mass is 19.1. The first-order chi connectivity index (χ1) is 16.2. The molecule has 34 heavy (non-hydrogen) atoms. The van der Waals surface area contributed by atoms with E-state index in [2.05, 4.69) is 44.7 Å². The summed E-state index contributed by atoms with van der Waals surface area (Å²) < 4.78 is 15.7. The van der Waals surface area contributed by atoms with Crippen LogP contribution >= 0.6 is 0 Å². The van der Waals surface area contributed by atoms with Crippen molar-refractivity contribution in [1.82, 2.24) is 9.80 Å². The van der Waals surface area contributed by atoms with Gasteiger partial charge in [0.25, 0.3) is 0 Å². The van der Waals surface area contributed by atoms with Gasteiger partial charge in [-0.25, -0.2) is 4.39 Å². The quantitative estimate of drug-likeness (QED) is 0.613. The van der Waals surface area contributed by atoms with Crippen LogP contribution in [0.3, 0.4) is 0 Å². The smallest absolute Gasteiger partial charge is 0.137 e. The van der Waals surface area contributed by atoms with E-state index < -0.39 is 12.1 Å². The zero-order valence-corrected chi connectivity index (χ0v) is 20.8. The molecule has 3 aliphatic heterocycles. The highest BCUT2D eigenvalue weighted by molar-refractivity contribution is 5.69. The van der Waals surface area contributed by atoms with Crippen LogP contribution in [0.5, 0.6) is 0 Å². The topological polar surface area (TPSA) is 46.6 Å². The molecule has 2 aromatic rings. The largest absolute Gasteiger partial charge is 0.530 e. The molecule has 1 amide bonds. The summed E-state index contributed by atoms with van der Waals surface area (Å²) in [5.74, 6) is 0.436. The Bertz CT molecular complexity index is 1090. The van der Waals surface area contributed by atoms with Crippen molar-refractivity contribution in [1.29, 1.82) is 0 Å². The van der Waals surface area contributed by atoms with Gasteiger partial charge in [-0.05, 0) is 90.4 Å². The van der Waals surface area contributed by atoms with Crippen molar-refractivity contribution in [3.05, 3.63) is 58.9 Å². The van der Waals surface area contributed by atoms with Crippen molar-refractivity contribution < 1.29 is 14.3 Å². The number of amides is 1. The molecule has 4 nitrogen and oxygen atoms in total. The molecule has 3 fully saturated rings. The minimum Gasteiger partial charge on any atom is -0.530 e. The number of fused-ring (bicyclic) bond motifs is 4. The van der Waals surface area contributed by atoms with E-state index >= 15 is 4.39 Å². The van der Waals surface area contributed by atoms with E-state index in [1.807, 2.05) is 18.2 Å². The lowest BCUT2D eigenvalue weighted by molar-refractivity contribution is -0.277. The van der Waals surface area contributed by atoms with Gasteiger partial charge in [0.15, 0.2) is 0 Å². The molecule has 182 valence electrons. The third kappa shape index (κ3) is 4.02. The molecule has 0 radical (unpaired) electrons. The lowest BCUT2D eigenvalue weighted by Gasteiger charge is -2.56. The molecule has 0 spiro atoms. The molecule has 2 bridgehead atoms. The number of nitrogens with zero attached hydrogens (tertiary/aromatic N) is 2. The van der Waals surface area contributed by atoms with Crippen LogP contribution in [0.4, 0.5) is 9.18 Å². The van der Waals surface area contributed by atoms with Gasteiger partial charge in [-0.1, -0.05) is 52.0 Å². The molecule has 3 saturated heterocycles. The normalized spacial score (nSPS) is 27.5. The fraction of sp³-hybridized carbons (Fsp3) is 0.552. The number of carbonyl (C=O) groups excluding carboxylic acids is 1. The van der Waals surface area contributed by atoms with Gasteiger partial charge in [0, 0.05) is 18.2 Å². The van der Waals surface area contributed by atoms with Gasteiger partial charge in [-0.2, -0.15) is 0 Å². The Hall–Kier alpha value is -2.40. The Morgan fingerprint density at radius 1 is 1.18 bits per heavy atom. The Kier molecular flexibility index (Phi) is 5.96. The summed E-state index contributed by atoms with van der Waals surface area (Å²) in [6, 6.07) is 11.2. The van der Waals surface area contributed by atoms with Crippen LogP contribution in [-0.2, 0) is 6.42 Å². The minimum absolute atomic E-state index is 0.0896. The third-order valence-corrected chi connectivity index (χ3v) is 8.63. The fourth-order valence-corrected chi connectivity index (χ4v) is 6.61.